The van der Waals surface area contributed by atoms with E-state index in [0.29, 0.717) is 16.8 Å². The van der Waals surface area contributed by atoms with Gasteiger partial charge in [-0.3, -0.25) is 0 Å². The van der Waals surface area contributed by atoms with Crippen molar-refractivity contribution < 1.29 is 18.4 Å². The minimum atomic E-state index is -4.26. The van der Waals surface area contributed by atoms with E-state index in [1.807, 2.05) is 0 Å². The first-order valence-corrected chi connectivity index (χ1v) is 5.11. The van der Waals surface area contributed by atoms with Crippen molar-refractivity contribution in [3.05, 3.63) is 29.3 Å². The maximum atomic E-state index is 12.2. The Kier molecular flexibility index (Phi) is 4.05. The number of rotatable bonds is 3. The molecular formula is C11H14F3N3O. The highest BCUT2D eigenvalue weighted by molar-refractivity contribution is 5.98. The predicted octanol–water partition coefficient (Wildman–Crippen LogP) is 2.09. The van der Waals surface area contributed by atoms with Crippen LogP contribution in [0.1, 0.15) is 11.1 Å². The first-order valence-electron chi connectivity index (χ1n) is 5.11. The molecule has 0 amide bonds. The molecule has 0 saturated carbocycles. The molecule has 0 heterocycles. The summed E-state index contributed by atoms with van der Waals surface area (Å²) in [5, 5.41) is 11.4. The van der Waals surface area contributed by atoms with Gasteiger partial charge in [-0.25, -0.2) is 0 Å². The van der Waals surface area contributed by atoms with E-state index in [1.165, 1.54) is 19.2 Å². The Bertz CT molecular complexity index is 457. The van der Waals surface area contributed by atoms with Crippen molar-refractivity contribution in [1.82, 2.24) is 0 Å². The van der Waals surface area contributed by atoms with Crippen molar-refractivity contribution in [1.29, 1.82) is 0 Å². The highest BCUT2D eigenvalue weighted by Crippen LogP contribution is 2.22. The lowest BCUT2D eigenvalue weighted by atomic mass is 10.1. The standard InChI is InChI=1S/C11H14F3N3O/c1-7-5-8(17(2)6-11(12,13)14)3-4-9(7)10(15)16-18/h3-5,18H,6H2,1-2H3,(H2,15,16). The van der Waals surface area contributed by atoms with Crippen LogP contribution in [0.4, 0.5) is 18.9 Å². The van der Waals surface area contributed by atoms with E-state index in [9.17, 15) is 13.2 Å². The maximum absolute atomic E-state index is 12.2. The topological polar surface area (TPSA) is 61.8 Å². The van der Waals surface area contributed by atoms with Crippen molar-refractivity contribution >= 4 is 11.5 Å². The highest BCUT2D eigenvalue weighted by atomic mass is 19.4. The molecule has 7 heteroatoms. The molecule has 0 spiro atoms. The van der Waals surface area contributed by atoms with E-state index in [1.54, 1.807) is 13.0 Å². The molecule has 18 heavy (non-hydrogen) atoms. The zero-order valence-electron chi connectivity index (χ0n) is 9.99. The monoisotopic (exact) mass is 261 g/mol. The molecular weight excluding hydrogens is 247 g/mol. The number of benzene rings is 1. The van der Waals surface area contributed by atoms with Crippen LogP contribution in [0, 0.1) is 6.92 Å². The summed E-state index contributed by atoms with van der Waals surface area (Å²) < 4.78 is 36.7. The van der Waals surface area contributed by atoms with Gasteiger partial charge in [-0.2, -0.15) is 13.2 Å². The number of amidine groups is 1. The molecule has 0 saturated heterocycles. The molecule has 0 radical (unpaired) electrons. The second-order valence-corrected chi connectivity index (χ2v) is 3.96. The minimum Gasteiger partial charge on any atom is -0.409 e. The first-order chi connectivity index (χ1) is 8.24. The Morgan fingerprint density at radius 3 is 2.50 bits per heavy atom. The van der Waals surface area contributed by atoms with Crippen LogP contribution >= 0.6 is 0 Å². The van der Waals surface area contributed by atoms with Gasteiger partial charge >= 0.3 is 6.18 Å². The lowest BCUT2D eigenvalue weighted by Gasteiger charge is -2.21. The molecule has 0 aliphatic heterocycles. The number of nitrogens with two attached hydrogens (primary N) is 1. The number of nitrogens with zero attached hydrogens (tertiary/aromatic N) is 2. The molecule has 3 N–H and O–H groups in total. The van der Waals surface area contributed by atoms with Gasteiger partial charge in [-0.1, -0.05) is 5.16 Å². The SMILES string of the molecule is Cc1cc(N(C)CC(F)(F)F)ccc1/C(N)=N/O. The number of oxime groups is 1. The molecule has 0 unspecified atom stereocenters. The Balaban J connectivity index is 2.98. The van der Waals surface area contributed by atoms with E-state index in [-0.39, 0.29) is 5.84 Å². The largest absolute Gasteiger partial charge is 0.409 e. The number of hydrogen-bond donors (Lipinski definition) is 2. The Labute approximate surface area is 102 Å². The smallest absolute Gasteiger partial charge is 0.405 e. The summed E-state index contributed by atoms with van der Waals surface area (Å²) in [7, 11) is 1.35. The van der Waals surface area contributed by atoms with Gasteiger partial charge in [0.05, 0.1) is 0 Å². The summed E-state index contributed by atoms with van der Waals surface area (Å²) in [6.45, 7) is 0.646. The second-order valence-electron chi connectivity index (χ2n) is 3.96. The van der Waals surface area contributed by atoms with Crippen LogP contribution in [0.5, 0.6) is 0 Å². The second kappa shape index (κ2) is 5.16. The summed E-state index contributed by atoms with van der Waals surface area (Å²) in [5.74, 6) is -0.0717. The van der Waals surface area contributed by atoms with Crippen LogP contribution in [-0.2, 0) is 0 Å². The molecule has 0 fully saturated rings. The molecule has 0 aliphatic carbocycles. The number of hydrogen-bond acceptors (Lipinski definition) is 3. The summed E-state index contributed by atoms with van der Waals surface area (Å²) in [6, 6.07) is 4.57. The van der Waals surface area contributed by atoms with Gasteiger partial charge in [0.15, 0.2) is 5.84 Å². The molecule has 1 aromatic rings. The van der Waals surface area contributed by atoms with Crippen LogP contribution < -0.4 is 10.6 Å². The summed E-state index contributed by atoms with van der Waals surface area (Å²) >= 11 is 0. The summed E-state index contributed by atoms with van der Waals surface area (Å²) in [6.07, 6.45) is -4.26. The van der Waals surface area contributed by atoms with Gasteiger partial charge in [0, 0.05) is 18.3 Å². The third kappa shape index (κ3) is 3.54. The molecule has 0 atom stereocenters. The van der Waals surface area contributed by atoms with E-state index in [0.717, 1.165) is 4.90 Å². The summed E-state index contributed by atoms with van der Waals surface area (Å²) in [4.78, 5) is 1.09. The fourth-order valence-corrected chi connectivity index (χ4v) is 1.59. The van der Waals surface area contributed by atoms with Gasteiger partial charge in [0.2, 0.25) is 0 Å². The molecule has 0 aromatic heterocycles. The third-order valence-electron chi connectivity index (χ3n) is 2.45. The number of halogens is 3. The highest BCUT2D eigenvalue weighted by Gasteiger charge is 2.29. The van der Waals surface area contributed by atoms with Gasteiger partial charge in [0.25, 0.3) is 0 Å². The average molecular weight is 261 g/mol. The quantitative estimate of drug-likeness (QED) is 0.379. The van der Waals surface area contributed by atoms with E-state index in [4.69, 9.17) is 10.9 Å². The van der Waals surface area contributed by atoms with Gasteiger partial charge in [-0.15, -0.1) is 0 Å². The van der Waals surface area contributed by atoms with Crippen molar-refractivity contribution in [2.45, 2.75) is 13.1 Å². The zero-order chi connectivity index (χ0) is 13.9. The van der Waals surface area contributed by atoms with Gasteiger partial charge < -0.3 is 15.8 Å². The van der Waals surface area contributed by atoms with Gasteiger partial charge in [-0.05, 0) is 30.7 Å². The van der Waals surface area contributed by atoms with E-state index < -0.39 is 12.7 Å². The van der Waals surface area contributed by atoms with Gasteiger partial charge in [0.1, 0.15) is 6.54 Å². The molecule has 1 rings (SSSR count). The summed E-state index contributed by atoms with van der Waals surface area (Å²) in [5.41, 5.74) is 6.97. The minimum absolute atomic E-state index is 0.0717. The van der Waals surface area contributed by atoms with Crippen LogP contribution in [0.25, 0.3) is 0 Å². The van der Waals surface area contributed by atoms with E-state index >= 15 is 0 Å². The Morgan fingerprint density at radius 1 is 1.44 bits per heavy atom. The maximum Gasteiger partial charge on any atom is 0.405 e. The van der Waals surface area contributed by atoms with Crippen molar-refractivity contribution in [2.75, 3.05) is 18.5 Å². The lowest BCUT2D eigenvalue weighted by molar-refractivity contribution is -0.119. The van der Waals surface area contributed by atoms with Crippen LogP contribution in [0.3, 0.4) is 0 Å². The third-order valence-corrected chi connectivity index (χ3v) is 2.45. The first kappa shape index (κ1) is 14.1. The normalized spacial score (nSPS) is 12.6. The Hall–Kier alpha value is -1.92. The zero-order valence-corrected chi connectivity index (χ0v) is 9.99. The van der Waals surface area contributed by atoms with Crippen molar-refractivity contribution in [3.63, 3.8) is 0 Å². The fourth-order valence-electron chi connectivity index (χ4n) is 1.59. The molecule has 1 aromatic carbocycles. The molecule has 0 aliphatic rings. The van der Waals surface area contributed by atoms with Crippen LogP contribution in [-0.4, -0.2) is 30.8 Å². The van der Waals surface area contributed by atoms with Crippen LogP contribution in [0.15, 0.2) is 23.4 Å². The molecule has 4 nitrogen and oxygen atoms in total. The number of aryl methyl sites for hydroxylation is 1. The Morgan fingerprint density at radius 2 is 2.06 bits per heavy atom. The fraction of sp³-hybridized carbons (Fsp3) is 0.364. The molecule has 100 valence electrons. The lowest BCUT2D eigenvalue weighted by Crippen LogP contribution is -2.31. The predicted molar refractivity (Wildman–Crippen MR) is 63.0 cm³/mol. The average Bonchev–Trinajstić information content (AvgIpc) is 2.25. The van der Waals surface area contributed by atoms with Crippen LogP contribution in [0.2, 0.25) is 0 Å². The van der Waals surface area contributed by atoms with E-state index in [2.05, 4.69) is 5.16 Å². The number of anilines is 1. The van der Waals surface area contributed by atoms with Crippen molar-refractivity contribution in [3.8, 4) is 0 Å². The van der Waals surface area contributed by atoms with Crippen molar-refractivity contribution in [2.24, 2.45) is 10.9 Å². The molecule has 0 bridgehead atoms. The number of alkyl halides is 3.